The number of rotatable bonds is 1. The number of benzene rings is 1. The average Bonchev–Trinajstić information content (AvgIpc) is 2.32. The summed E-state index contributed by atoms with van der Waals surface area (Å²) >= 11 is 0. The van der Waals surface area contributed by atoms with Crippen molar-refractivity contribution in [1.82, 2.24) is 4.90 Å². The third kappa shape index (κ3) is 2.81. The molecule has 1 saturated heterocycles. The molecule has 0 saturated carbocycles. The SMILES string of the molecule is CC1CCCC(C)N1C(=O)Nc1ccc(F)cc1. The molecule has 3 nitrogen and oxygen atoms in total. The van der Waals surface area contributed by atoms with E-state index in [1.165, 1.54) is 18.6 Å². The van der Waals surface area contributed by atoms with Crippen molar-refractivity contribution < 1.29 is 9.18 Å². The molecule has 1 heterocycles. The molecular weight excluding hydrogens is 231 g/mol. The molecule has 2 unspecified atom stereocenters. The number of piperidine rings is 1. The molecule has 98 valence electrons. The molecule has 0 aliphatic carbocycles. The van der Waals surface area contributed by atoms with Crippen molar-refractivity contribution >= 4 is 11.7 Å². The number of amides is 2. The minimum Gasteiger partial charge on any atom is -0.319 e. The smallest absolute Gasteiger partial charge is 0.319 e. The van der Waals surface area contributed by atoms with Crippen LogP contribution in [0.1, 0.15) is 33.1 Å². The molecule has 2 rings (SSSR count). The van der Waals surface area contributed by atoms with Gasteiger partial charge in [0.15, 0.2) is 0 Å². The number of nitrogens with zero attached hydrogens (tertiary/aromatic N) is 1. The van der Waals surface area contributed by atoms with E-state index < -0.39 is 0 Å². The molecule has 18 heavy (non-hydrogen) atoms. The lowest BCUT2D eigenvalue weighted by Gasteiger charge is -2.38. The van der Waals surface area contributed by atoms with E-state index in [2.05, 4.69) is 19.2 Å². The van der Waals surface area contributed by atoms with Crippen molar-refractivity contribution in [2.75, 3.05) is 5.32 Å². The number of nitrogens with one attached hydrogen (secondary N) is 1. The van der Waals surface area contributed by atoms with Gasteiger partial charge in [-0.15, -0.1) is 0 Å². The van der Waals surface area contributed by atoms with Crippen molar-refractivity contribution in [3.63, 3.8) is 0 Å². The van der Waals surface area contributed by atoms with E-state index in [1.807, 2.05) is 4.90 Å². The van der Waals surface area contributed by atoms with Crippen molar-refractivity contribution in [2.24, 2.45) is 0 Å². The third-order valence-electron chi connectivity index (χ3n) is 3.52. The van der Waals surface area contributed by atoms with Crippen molar-refractivity contribution in [3.8, 4) is 0 Å². The first-order valence-corrected chi connectivity index (χ1v) is 6.43. The molecule has 0 radical (unpaired) electrons. The minimum absolute atomic E-state index is 0.0960. The molecule has 1 aromatic rings. The maximum atomic E-state index is 12.8. The topological polar surface area (TPSA) is 32.3 Å². The van der Waals surface area contributed by atoms with Crippen LogP contribution >= 0.6 is 0 Å². The summed E-state index contributed by atoms with van der Waals surface area (Å²) in [5.74, 6) is -0.298. The van der Waals surface area contributed by atoms with Gasteiger partial charge < -0.3 is 10.2 Å². The molecule has 1 aliphatic rings. The molecule has 1 N–H and O–H groups in total. The van der Waals surface area contributed by atoms with Crippen LogP contribution in [-0.2, 0) is 0 Å². The second-order valence-electron chi connectivity index (χ2n) is 4.97. The Morgan fingerprint density at radius 1 is 1.22 bits per heavy atom. The van der Waals surface area contributed by atoms with E-state index in [9.17, 15) is 9.18 Å². The second kappa shape index (κ2) is 5.38. The summed E-state index contributed by atoms with van der Waals surface area (Å²) in [5, 5.41) is 2.82. The number of carbonyl (C=O) groups is 1. The zero-order valence-electron chi connectivity index (χ0n) is 10.8. The highest BCUT2D eigenvalue weighted by Gasteiger charge is 2.28. The first-order valence-electron chi connectivity index (χ1n) is 6.43. The normalized spacial score (nSPS) is 23.8. The van der Waals surface area contributed by atoms with Crippen LogP contribution in [-0.4, -0.2) is 23.0 Å². The Bertz CT molecular complexity index is 408. The zero-order valence-corrected chi connectivity index (χ0v) is 10.8. The minimum atomic E-state index is -0.298. The monoisotopic (exact) mass is 250 g/mol. The van der Waals surface area contributed by atoms with Gasteiger partial charge in [-0.3, -0.25) is 0 Å². The van der Waals surface area contributed by atoms with E-state index >= 15 is 0 Å². The molecule has 2 atom stereocenters. The number of halogens is 1. The number of anilines is 1. The maximum Gasteiger partial charge on any atom is 0.322 e. The Labute approximate surface area is 107 Å². The number of likely N-dealkylation sites (tertiary alicyclic amines) is 1. The Morgan fingerprint density at radius 3 is 2.33 bits per heavy atom. The highest BCUT2D eigenvalue weighted by Crippen LogP contribution is 2.23. The summed E-state index contributed by atoms with van der Waals surface area (Å²) < 4.78 is 12.8. The lowest BCUT2D eigenvalue weighted by molar-refractivity contribution is 0.133. The van der Waals surface area contributed by atoms with E-state index in [0.29, 0.717) is 5.69 Å². The number of hydrogen-bond acceptors (Lipinski definition) is 1. The summed E-state index contributed by atoms with van der Waals surface area (Å²) in [6.45, 7) is 4.14. The quantitative estimate of drug-likeness (QED) is 0.811. The number of hydrogen-bond donors (Lipinski definition) is 1. The molecular formula is C14H19FN2O. The van der Waals surface area contributed by atoms with Gasteiger partial charge in [0.05, 0.1) is 0 Å². The standard InChI is InChI=1S/C14H19FN2O/c1-10-4-3-5-11(2)17(10)14(18)16-13-8-6-12(15)7-9-13/h6-11H,3-5H2,1-2H3,(H,16,18). The van der Waals surface area contributed by atoms with Crippen LogP contribution in [0, 0.1) is 5.82 Å². The number of carbonyl (C=O) groups excluding carboxylic acids is 1. The summed E-state index contributed by atoms with van der Waals surface area (Å²) in [6, 6.07) is 6.26. The van der Waals surface area contributed by atoms with Gasteiger partial charge in [0.2, 0.25) is 0 Å². The average molecular weight is 250 g/mol. The van der Waals surface area contributed by atoms with Crippen LogP contribution in [0.4, 0.5) is 14.9 Å². The third-order valence-corrected chi connectivity index (χ3v) is 3.52. The molecule has 0 spiro atoms. The van der Waals surface area contributed by atoms with Gasteiger partial charge in [-0.25, -0.2) is 9.18 Å². The van der Waals surface area contributed by atoms with Crippen LogP contribution in [0.2, 0.25) is 0 Å². The molecule has 0 bridgehead atoms. The molecule has 1 aliphatic heterocycles. The van der Waals surface area contributed by atoms with Crippen molar-refractivity contribution in [2.45, 2.75) is 45.2 Å². The van der Waals surface area contributed by atoms with Crippen LogP contribution in [0.15, 0.2) is 24.3 Å². The fraction of sp³-hybridized carbons (Fsp3) is 0.500. The molecule has 4 heteroatoms. The Balaban J connectivity index is 2.04. The van der Waals surface area contributed by atoms with Gasteiger partial charge in [0.1, 0.15) is 5.82 Å². The Morgan fingerprint density at radius 2 is 1.78 bits per heavy atom. The Kier molecular flexibility index (Phi) is 3.84. The summed E-state index contributed by atoms with van der Waals surface area (Å²) in [7, 11) is 0. The molecule has 1 fully saturated rings. The maximum absolute atomic E-state index is 12.8. The Hall–Kier alpha value is -1.58. The predicted octanol–water partition coefficient (Wildman–Crippen LogP) is 3.62. The summed E-state index contributed by atoms with van der Waals surface area (Å²) in [4.78, 5) is 14.1. The van der Waals surface area contributed by atoms with Gasteiger partial charge in [0, 0.05) is 17.8 Å². The van der Waals surface area contributed by atoms with Crippen LogP contribution in [0.5, 0.6) is 0 Å². The highest BCUT2D eigenvalue weighted by molar-refractivity contribution is 5.89. The summed E-state index contributed by atoms with van der Waals surface area (Å²) in [6.07, 6.45) is 3.25. The summed E-state index contributed by atoms with van der Waals surface area (Å²) in [5.41, 5.74) is 0.631. The van der Waals surface area contributed by atoms with Gasteiger partial charge in [-0.2, -0.15) is 0 Å². The zero-order chi connectivity index (χ0) is 13.1. The fourth-order valence-electron chi connectivity index (χ4n) is 2.54. The van der Waals surface area contributed by atoms with Gasteiger partial charge in [-0.05, 0) is 57.4 Å². The largest absolute Gasteiger partial charge is 0.322 e. The number of urea groups is 1. The van der Waals surface area contributed by atoms with E-state index in [-0.39, 0.29) is 23.9 Å². The van der Waals surface area contributed by atoms with Crippen LogP contribution in [0.3, 0.4) is 0 Å². The predicted molar refractivity (Wildman–Crippen MR) is 70.0 cm³/mol. The first-order chi connectivity index (χ1) is 8.58. The molecule has 2 amide bonds. The van der Waals surface area contributed by atoms with E-state index in [0.717, 1.165) is 12.8 Å². The van der Waals surface area contributed by atoms with Crippen LogP contribution < -0.4 is 5.32 Å². The molecule has 0 aromatic heterocycles. The van der Waals surface area contributed by atoms with Gasteiger partial charge in [0.25, 0.3) is 0 Å². The van der Waals surface area contributed by atoms with Crippen molar-refractivity contribution in [1.29, 1.82) is 0 Å². The van der Waals surface area contributed by atoms with Gasteiger partial charge in [-0.1, -0.05) is 0 Å². The van der Waals surface area contributed by atoms with E-state index in [4.69, 9.17) is 0 Å². The second-order valence-corrected chi connectivity index (χ2v) is 4.97. The van der Waals surface area contributed by atoms with Gasteiger partial charge >= 0.3 is 6.03 Å². The van der Waals surface area contributed by atoms with Crippen LogP contribution in [0.25, 0.3) is 0 Å². The molecule has 1 aromatic carbocycles. The first kappa shape index (κ1) is 12.9. The van der Waals surface area contributed by atoms with E-state index in [1.54, 1.807) is 12.1 Å². The fourth-order valence-corrected chi connectivity index (χ4v) is 2.54. The lowest BCUT2D eigenvalue weighted by Crippen LogP contribution is -2.49. The van der Waals surface area contributed by atoms with Crippen molar-refractivity contribution in [3.05, 3.63) is 30.1 Å². The lowest BCUT2D eigenvalue weighted by atomic mass is 9.98. The highest BCUT2D eigenvalue weighted by atomic mass is 19.1.